The second-order valence-electron chi connectivity index (χ2n) is 12.3. The van der Waals surface area contributed by atoms with Gasteiger partial charge in [-0.1, -0.05) is 36.9 Å². The molecule has 0 spiro atoms. The van der Waals surface area contributed by atoms with Crippen molar-refractivity contribution < 1.29 is 37.4 Å². The summed E-state index contributed by atoms with van der Waals surface area (Å²) in [5.41, 5.74) is -5.34. The maximum Gasteiger partial charge on any atom is 0.226 e. The number of fused-ring (bicyclic) bond motifs is 7. The molecule has 1 aromatic rings. The van der Waals surface area contributed by atoms with Crippen molar-refractivity contribution in [2.24, 2.45) is 28.6 Å². The number of aliphatic hydroxyl groups is 1. The summed E-state index contributed by atoms with van der Waals surface area (Å²) < 4.78 is 52.1. The molecular weight excluding hydrogens is 543 g/mol. The van der Waals surface area contributed by atoms with Gasteiger partial charge in [0.2, 0.25) is 5.12 Å². The Morgan fingerprint density at radius 2 is 1.95 bits per heavy atom. The standard InChI is InChI=1S/C30H34F3NO5S/c1-27-9-8-19(35)11-23(27)24(32)12-22-21-10-18-15-34(14-17-4-6-20(38-3)7-5-17)39-30(18,26(37)40-16-31)28(21,2)13-25(36)29(22,27)33/h4-9,11,18,21-22,24-25,36H,10,12-16H2,1-3H3/t18-,21-,22-,24-,25-,27-,28-,29-,30-/m0/s1. The van der Waals surface area contributed by atoms with Crippen molar-refractivity contribution in [1.29, 1.82) is 0 Å². The van der Waals surface area contributed by atoms with Crippen LogP contribution in [0.1, 0.15) is 38.7 Å². The van der Waals surface area contributed by atoms with Crippen LogP contribution in [0.3, 0.4) is 0 Å². The Balaban J connectivity index is 1.38. The van der Waals surface area contributed by atoms with Crippen LogP contribution in [-0.4, -0.2) is 64.3 Å². The van der Waals surface area contributed by atoms with E-state index < -0.39 is 69.0 Å². The number of ketones is 1. The topological polar surface area (TPSA) is 76.1 Å². The normalized spacial score (nSPS) is 43.9. The Morgan fingerprint density at radius 3 is 2.62 bits per heavy atom. The fourth-order valence-electron chi connectivity index (χ4n) is 8.85. The maximum atomic E-state index is 17.5. The number of allylic oxidation sites excluding steroid dienone is 4. The summed E-state index contributed by atoms with van der Waals surface area (Å²) in [6.07, 6.45) is 0.733. The van der Waals surface area contributed by atoms with Crippen LogP contribution in [0.5, 0.6) is 5.75 Å². The number of rotatable bonds is 5. The van der Waals surface area contributed by atoms with E-state index >= 15 is 8.78 Å². The lowest BCUT2D eigenvalue weighted by atomic mass is 9.44. The molecule has 10 heteroatoms. The van der Waals surface area contributed by atoms with E-state index in [4.69, 9.17) is 9.57 Å². The maximum absolute atomic E-state index is 17.5. The Bertz CT molecular complexity index is 1290. The number of carbonyl (C=O) groups excluding carboxylic acids is 2. The van der Waals surface area contributed by atoms with Gasteiger partial charge in [-0.2, -0.15) is 5.06 Å². The zero-order chi connectivity index (χ0) is 28.7. The average molecular weight is 578 g/mol. The molecule has 3 saturated carbocycles. The van der Waals surface area contributed by atoms with Crippen molar-refractivity contribution in [2.75, 3.05) is 19.7 Å². The van der Waals surface area contributed by atoms with Crippen molar-refractivity contribution in [1.82, 2.24) is 5.06 Å². The van der Waals surface area contributed by atoms with Crippen LogP contribution < -0.4 is 4.74 Å². The fraction of sp³-hybridized carbons (Fsp3) is 0.600. The van der Waals surface area contributed by atoms with E-state index in [9.17, 15) is 19.1 Å². The SMILES string of the molecule is COc1ccc(CN2C[C@@H]3C[C@H]4[C@@H]5C[C@H](F)C6=CC(=O)C=C[C@]6(C)[C@@]5(F)[C@@H](O)C[C@]4(C)[C@]3(C(=O)SCF)O2)cc1. The highest BCUT2D eigenvalue weighted by atomic mass is 32.2. The molecule has 5 aliphatic rings. The Kier molecular flexibility index (Phi) is 6.61. The van der Waals surface area contributed by atoms with Gasteiger partial charge in [0.15, 0.2) is 17.1 Å². The number of carbonyl (C=O) groups is 2. The molecule has 0 bridgehead atoms. The zero-order valence-electron chi connectivity index (χ0n) is 22.7. The molecule has 216 valence electrons. The highest BCUT2D eigenvalue weighted by Crippen LogP contribution is 2.73. The number of methoxy groups -OCH3 is 1. The molecule has 0 unspecified atom stereocenters. The summed E-state index contributed by atoms with van der Waals surface area (Å²) in [5, 5.41) is 12.8. The number of nitrogens with zero attached hydrogens (tertiary/aromatic N) is 1. The van der Waals surface area contributed by atoms with Crippen molar-refractivity contribution in [2.45, 2.75) is 63.2 Å². The summed E-state index contributed by atoms with van der Waals surface area (Å²) in [7, 11) is 1.58. The summed E-state index contributed by atoms with van der Waals surface area (Å²) >= 11 is 0.530. The van der Waals surface area contributed by atoms with E-state index in [-0.39, 0.29) is 18.4 Å². The third kappa shape index (κ3) is 3.55. The lowest BCUT2D eigenvalue weighted by Crippen LogP contribution is -2.70. The van der Waals surface area contributed by atoms with Crippen molar-refractivity contribution >= 4 is 22.7 Å². The summed E-state index contributed by atoms with van der Waals surface area (Å²) in [5.74, 6) is -1.52. The first-order valence-electron chi connectivity index (χ1n) is 13.7. The van der Waals surface area contributed by atoms with Crippen molar-refractivity contribution in [3.63, 3.8) is 0 Å². The van der Waals surface area contributed by atoms with E-state index in [1.165, 1.54) is 12.2 Å². The number of benzene rings is 1. The Labute approximate surface area is 235 Å². The molecule has 1 N–H and O–H groups in total. The van der Waals surface area contributed by atoms with Gasteiger partial charge in [-0.15, -0.1) is 0 Å². The van der Waals surface area contributed by atoms with E-state index in [1.54, 1.807) is 19.1 Å². The first kappa shape index (κ1) is 28.0. The number of hydrogen-bond donors (Lipinski definition) is 1. The summed E-state index contributed by atoms with van der Waals surface area (Å²) in [6.45, 7) is 4.09. The molecule has 0 radical (unpaired) electrons. The van der Waals surface area contributed by atoms with Crippen LogP contribution in [0.15, 0.2) is 48.1 Å². The minimum Gasteiger partial charge on any atom is -0.497 e. The molecule has 6 rings (SSSR count). The molecule has 1 heterocycles. The number of alkyl halides is 3. The number of hydrogen-bond acceptors (Lipinski definition) is 7. The van der Waals surface area contributed by atoms with E-state index in [0.29, 0.717) is 37.0 Å². The van der Waals surface area contributed by atoms with Crippen LogP contribution in [0.2, 0.25) is 0 Å². The number of thioether (sulfide) groups is 1. The highest BCUT2D eigenvalue weighted by Gasteiger charge is 2.79. The van der Waals surface area contributed by atoms with E-state index in [2.05, 4.69) is 0 Å². The molecule has 1 saturated heterocycles. The van der Waals surface area contributed by atoms with Gasteiger partial charge in [0.05, 0.1) is 13.2 Å². The van der Waals surface area contributed by atoms with Crippen molar-refractivity contribution in [3.8, 4) is 5.75 Å². The van der Waals surface area contributed by atoms with Gasteiger partial charge in [-0.05, 0) is 67.5 Å². The molecule has 6 nitrogen and oxygen atoms in total. The molecule has 0 amide bonds. The molecule has 40 heavy (non-hydrogen) atoms. The van der Waals surface area contributed by atoms with Crippen molar-refractivity contribution in [3.05, 3.63) is 53.6 Å². The minimum atomic E-state index is -2.25. The first-order valence-corrected chi connectivity index (χ1v) is 14.7. The number of ether oxygens (including phenoxy) is 1. The van der Waals surface area contributed by atoms with E-state index in [0.717, 1.165) is 11.6 Å². The smallest absolute Gasteiger partial charge is 0.226 e. The average Bonchev–Trinajstić information content (AvgIpc) is 3.40. The first-order chi connectivity index (χ1) is 18.9. The van der Waals surface area contributed by atoms with Crippen LogP contribution in [0.25, 0.3) is 0 Å². The van der Waals surface area contributed by atoms with Gasteiger partial charge in [0, 0.05) is 35.8 Å². The molecule has 1 aromatic carbocycles. The largest absolute Gasteiger partial charge is 0.497 e. The monoisotopic (exact) mass is 577 g/mol. The summed E-state index contributed by atoms with van der Waals surface area (Å²) in [4.78, 5) is 32.4. The highest BCUT2D eigenvalue weighted by molar-refractivity contribution is 8.13. The van der Waals surface area contributed by atoms with E-state index in [1.807, 2.05) is 31.2 Å². The molecular formula is C30H34F3NO5S. The fourth-order valence-corrected chi connectivity index (χ4v) is 9.60. The zero-order valence-corrected chi connectivity index (χ0v) is 23.6. The lowest BCUT2D eigenvalue weighted by Gasteiger charge is -2.63. The van der Waals surface area contributed by atoms with Gasteiger partial charge in [-0.3, -0.25) is 14.4 Å². The molecule has 1 aliphatic heterocycles. The number of aliphatic hydroxyl groups excluding tert-OH is 1. The number of hydroxylamine groups is 2. The summed E-state index contributed by atoms with van der Waals surface area (Å²) in [6, 6.07) is 6.51. The third-order valence-corrected chi connectivity index (χ3v) is 11.4. The predicted octanol–water partition coefficient (Wildman–Crippen LogP) is 4.91. The van der Waals surface area contributed by atoms with Crippen LogP contribution in [0, 0.1) is 28.6 Å². The molecule has 4 aliphatic carbocycles. The lowest BCUT2D eigenvalue weighted by molar-refractivity contribution is -0.266. The van der Waals surface area contributed by atoms with Gasteiger partial charge >= 0.3 is 0 Å². The van der Waals surface area contributed by atoms with Crippen LogP contribution >= 0.6 is 11.8 Å². The Morgan fingerprint density at radius 1 is 1.23 bits per heavy atom. The number of halogens is 3. The second kappa shape index (κ2) is 9.44. The second-order valence-corrected chi connectivity index (χ2v) is 13.2. The van der Waals surface area contributed by atoms with Gasteiger partial charge in [0.1, 0.15) is 17.9 Å². The van der Waals surface area contributed by atoms with Gasteiger partial charge in [-0.25, -0.2) is 13.2 Å². The van der Waals surface area contributed by atoms with Gasteiger partial charge < -0.3 is 9.84 Å². The molecule has 0 aromatic heterocycles. The predicted molar refractivity (Wildman–Crippen MR) is 143 cm³/mol. The minimum absolute atomic E-state index is 0.0558. The molecule has 4 fully saturated rings. The molecule has 9 atom stereocenters. The quantitative estimate of drug-likeness (QED) is 0.533. The van der Waals surface area contributed by atoms with Crippen LogP contribution in [-0.2, 0) is 21.0 Å². The van der Waals surface area contributed by atoms with Gasteiger partial charge in [0.25, 0.3) is 0 Å². The Hall–Kier alpha value is -2.14. The van der Waals surface area contributed by atoms with Crippen LogP contribution in [0.4, 0.5) is 13.2 Å². The third-order valence-electron chi connectivity index (χ3n) is 10.7.